The zero-order valence-corrected chi connectivity index (χ0v) is 18.5. The lowest BCUT2D eigenvalue weighted by Gasteiger charge is -2.32. The predicted molar refractivity (Wildman–Crippen MR) is 121 cm³/mol. The van der Waals surface area contributed by atoms with E-state index in [2.05, 4.69) is 10.3 Å². The Kier molecular flexibility index (Phi) is 7.09. The molecular weight excluding hydrogens is 432 g/mol. The Balaban J connectivity index is 1.15. The van der Waals surface area contributed by atoms with E-state index in [0.717, 1.165) is 60.4 Å². The Labute approximate surface area is 189 Å². The maximum absolute atomic E-state index is 13.9. The molecule has 1 fully saturated rings. The summed E-state index contributed by atoms with van der Waals surface area (Å²) < 4.78 is 28.2. The van der Waals surface area contributed by atoms with Crippen LogP contribution in [0, 0.1) is 17.6 Å². The van der Waals surface area contributed by atoms with Crippen LogP contribution in [0.5, 0.6) is 0 Å². The molecule has 0 saturated carbocycles. The van der Waals surface area contributed by atoms with Gasteiger partial charge in [0.2, 0.25) is 0 Å². The molecule has 168 valence electrons. The summed E-state index contributed by atoms with van der Waals surface area (Å²) in [5, 5.41) is 4.01. The quantitative estimate of drug-likeness (QED) is 0.507. The van der Waals surface area contributed by atoms with Crippen molar-refractivity contribution < 1.29 is 18.4 Å². The number of hydrogen-bond acceptors (Lipinski definition) is 4. The second-order valence-electron chi connectivity index (χ2n) is 8.14. The molecule has 0 atom stereocenters. The number of rotatable bonds is 7. The molecule has 4 rings (SSSR count). The molecule has 5 nitrogen and oxygen atoms in total. The van der Waals surface area contributed by atoms with Gasteiger partial charge < -0.3 is 10.2 Å². The number of pyridine rings is 1. The first-order valence-corrected chi connectivity index (χ1v) is 11.7. The van der Waals surface area contributed by atoms with Crippen LogP contribution in [0.25, 0.3) is 10.1 Å². The number of carbonyl (C=O) groups is 2. The van der Waals surface area contributed by atoms with E-state index in [4.69, 9.17) is 0 Å². The fourth-order valence-electron chi connectivity index (χ4n) is 4.10. The van der Waals surface area contributed by atoms with E-state index in [1.807, 2.05) is 12.1 Å². The lowest BCUT2D eigenvalue weighted by atomic mass is 9.91. The second kappa shape index (κ2) is 10.2. The molecule has 0 radical (unpaired) electrons. The summed E-state index contributed by atoms with van der Waals surface area (Å²) in [7, 11) is 0. The minimum absolute atomic E-state index is 0.0531. The summed E-state index contributed by atoms with van der Waals surface area (Å²) in [6, 6.07) is 6.76. The third-order valence-corrected chi connectivity index (χ3v) is 7.02. The second-order valence-corrected chi connectivity index (χ2v) is 9.22. The van der Waals surface area contributed by atoms with Crippen molar-refractivity contribution in [3.05, 3.63) is 64.8 Å². The van der Waals surface area contributed by atoms with Crippen LogP contribution in [-0.4, -0.2) is 41.3 Å². The lowest BCUT2D eigenvalue weighted by Crippen LogP contribution is -2.39. The maximum Gasteiger partial charge on any atom is 0.261 e. The van der Waals surface area contributed by atoms with Crippen molar-refractivity contribution >= 4 is 33.2 Å². The molecule has 2 amide bonds. The highest BCUT2D eigenvalue weighted by atomic mass is 32.1. The van der Waals surface area contributed by atoms with Gasteiger partial charge in [-0.2, -0.15) is 0 Å². The normalized spacial score (nSPS) is 14.6. The average molecular weight is 458 g/mol. The number of nitrogens with zero attached hydrogens (tertiary/aromatic N) is 2. The summed E-state index contributed by atoms with van der Waals surface area (Å²) >= 11 is 1.44. The monoisotopic (exact) mass is 457 g/mol. The molecule has 1 saturated heterocycles. The van der Waals surface area contributed by atoms with Gasteiger partial charge >= 0.3 is 0 Å². The number of halogens is 2. The molecule has 0 spiro atoms. The topological polar surface area (TPSA) is 62.3 Å². The molecule has 8 heteroatoms. The van der Waals surface area contributed by atoms with Gasteiger partial charge in [-0.05, 0) is 60.9 Å². The fourth-order valence-corrected chi connectivity index (χ4v) is 5.05. The molecule has 32 heavy (non-hydrogen) atoms. The third-order valence-electron chi connectivity index (χ3n) is 5.93. The molecule has 2 aromatic heterocycles. The number of benzene rings is 1. The molecule has 1 aromatic carbocycles. The summed E-state index contributed by atoms with van der Waals surface area (Å²) in [5.41, 5.74) is -0.200. The molecule has 0 unspecified atom stereocenters. The summed E-state index contributed by atoms with van der Waals surface area (Å²) in [5.74, 6) is -1.29. The van der Waals surface area contributed by atoms with Crippen LogP contribution in [0.1, 0.15) is 52.1 Å². The Morgan fingerprint density at radius 3 is 2.72 bits per heavy atom. The first-order chi connectivity index (χ1) is 15.5. The van der Waals surface area contributed by atoms with Gasteiger partial charge in [-0.1, -0.05) is 12.8 Å². The summed E-state index contributed by atoms with van der Waals surface area (Å²) in [4.78, 5) is 31.2. The van der Waals surface area contributed by atoms with Gasteiger partial charge in [0.1, 0.15) is 11.6 Å². The van der Waals surface area contributed by atoms with Gasteiger partial charge in [0, 0.05) is 32.0 Å². The Bertz CT molecular complexity index is 1080. The number of hydrogen-bond donors (Lipinski definition) is 1. The fraction of sp³-hybridized carbons (Fsp3) is 0.375. The minimum Gasteiger partial charge on any atom is -0.351 e. The molecule has 3 aromatic rings. The van der Waals surface area contributed by atoms with Gasteiger partial charge in [-0.15, -0.1) is 11.3 Å². The zero-order chi connectivity index (χ0) is 22.5. The Morgan fingerprint density at radius 1 is 1.12 bits per heavy atom. The SMILES string of the molecule is O=C(NCCCCC1CCN(C(=O)c2cc(F)ccc2F)CC1)c1cc2ccncc2s1. The van der Waals surface area contributed by atoms with Crippen LogP contribution in [0.2, 0.25) is 0 Å². The van der Waals surface area contributed by atoms with Crippen LogP contribution in [0.4, 0.5) is 8.78 Å². The van der Waals surface area contributed by atoms with Crippen LogP contribution >= 0.6 is 11.3 Å². The number of likely N-dealkylation sites (tertiary alicyclic amines) is 1. The van der Waals surface area contributed by atoms with E-state index in [-0.39, 0.29) is 11.5 Å². The maximum atomic E-state index is 13.9. The van der Waals surface area contributed by atoms with E-state index in [0.29, 0.717) is 30.4 Å². The van der Waals surface area contributed by atoms with Crippen molar-refractivity contribution in [1.82, 2.24) is 15.2 Å². The molecule has 1 N–H and O–H groups in total. The molecule has 0 aliphatic carbocycles. The molecule has 0 bridgehead atoms. The van der Waals surface area contributed by atoms with Gasteiger partial charge in [-0.3, -0.25) is 14.6 Å². The Hall–Kier alpha value is -2.87. The van der Waals surface area contributed by atoms with Gasteiger partial charge in [0.25, 0.3) is 11.8 Å². The van der Waals surface area contributed by atoms with E-state index in [1.54, 1.807) is 17.3 Å². The standard InChI is InChI=1S/C24H25F2N3O2S/c25-18-4-5-20(26)19(14-18)24(31)29-11-7-16(8-12-29)3-1-2-9-28-23(30)21-13-17-6-10-27-15-22(17)32-21/h4-6,10,13-16H,1-3,7-9,11-12H2,(H,28,30). The van der Waals surface area contributed by atoms with Crippen molar-refractivity contribution in [2.45, 2.75) is 32.1 Å². The summed E-state index contributed by atoms with van der Waals surface area (Å²) in [6.07, 6.45) is 8.11. The molecular formula is C24H25F2N3O2S. The highest BCUT2D eigenvalue weighted by molar-refractivity contribution is 7.20. The van der Waals surface area contributed by atoms with Crippen LogP contribution in [0.3, 0.4) is 0 Å². The number of thiophene rings is 1. The number of fused-ring (bicyclic) bond motifs is 1. The van der Waals surface area contributed by atoms with Crippen molar-refractivity contribution in [2.24, 2.45) is 5.92 Å². The first-order valence-electron chi connectivity index (χ1n) is 10.9. The Morgan fingerprint density at radius 2 is 1.94 bits per heavy atom. The minimum atomic E-state index is -0.687. The largest absolute Gasteiger partial charge is 0.351 e. The highest BCUT2D eigenvalue weighted by Gasteiger charge is 2.25. The van der Waals surface area contributed by atoms with Crippen LogP contribution in [-0.2, 0) is 0 Å². The van der Waals surface area contributed by atoms with Gasteiger partial charge in [0.15, 0.2) is 0 Å². The average Bonchev–Trinajstić information content (AvgIpc) is 3.25. The van der Waals surface area contributed by atoms with E-state index < -0.39 is 17.5 Å². The number of carbonyl (C=O) groups excluding carboxylic acids is 2. The van der Waals surface area contributed by atoms with Gasteiger partial charge in [0.05, 0.1) is 15.1 Å². The van der Waals surface area contributed by atoms with Crippen LogP contribution < -0.4 is 5.32 Å². The predicted octanol–water partition coefficient (Wildman–Crippen LogP) is 5.03. The number of piperidine rings is 1. The van der Waals surface area contributed by atoms with Crippen molar-refractivity contribution in [3.63, 3.8) is 0 Å². The smallest absolute Gasteiger partial charge is 0.261 e. The zero-order valence-electron chi connectivity index (χ0n) is 17.7. The number of aromatic nitrogens is 1. The van der Waals surface area contributed by atoms with Crippen molar-refractivity contribution in [1.29, 1.82) is 0 Å². The van der Waals surface area contributed by atoms with Gasteiger partial charge in [-0.25, -0.2) is 8.78 Å². The first kappa shape index (κ1) is 22.3. The number of amides is 2. The van der Waals surface area contributed by atoms with E-state index >= 15 is 0 Å². The van der Waals surface area contributed by atoms with Crippen LogP contribution in [0.15, 0.2) is 42.7 Å². The summed E-state index contributed by atoms with van der Waals surface area (Å²) in [6.45, 7) is 1.73. The number of nitrogens with one attached hydrogen (secondary N) is 1. The lowest BCUT2D eigenvalue weighted by molar-refractivity contribution is 0.0680. The van der Waals surface area contributed by atoms with Crippen molar-refractivity contribution in [3.8, 4) is 0 Å². The third kappa shape index (κ3) is 5.30. The van der Waals surface area contributed by atoms with E-state index in [9.17, 15) is 18.4 Å². The molecule has 1 aliphatic rings. The number of unbranched alkanes of at least 4 members (excludes halogenated alkanes) is 1. The highest BCUT2D eigenvalue weighted by Crippen LogP contribution is 2.25. The molecule has 3 heterocycles. The van der Waals surface area contributed by atoms with Crippen molar-refractivity contribution in [2.75, 3.05) is 19.6 Å². The molecule has 1 aliphatic heterocycles. The van der Waals surface area contributed by atoms with E-state index in [1.165, 1.54) is 11.3 Å².